The minimum absolute atomic E-state index is 0.0892. The average Bonchev–Trinajstić information content (AvgIpc) is 2.72. The molecule has 0 saturated carbocycles. The lowest BCUT2D eigenvalue weighted by molar-refractivity contribution is 0.582. The lowest BCUT2D eigenvalue weighted by Gasteiger charge is -2.08. The van der Waals surface area contributed by atoms with Crippen LogP contribution in [-0.2, 0) is 16.6 Å². The van der Waals surface area contributed by atoms with Crippen LogP contribution in [0.5, 0.6) is 0 Å². The normalized spacial score (nSPS) is 11.7. The van der Waals surface area contributed by atoms with Crippen LogP contribution < -0.4 is 10.5 Å². The van der Waals surface area contributed by atoms with E-state index >= 15 is 0 Å². The molecule has 4 nitrogen and oxygen atoms in total. The molecule has 2 aromatic rings. The van der Waals surface area contributed by atoms with Crippen molar-refractivity contribution >= 4 is 58.9 Å². The molecule has 0 unspecified atom stereocenters. The second kappa shape index (κ2) is 5.92. The molecule has 19 heavy (non-hydrogen) atoms. The van der Waals surface area contributed by atoms with Gasteiger partial charge in [0.1, 0.15) is 4.90 Å². The molecule has 2 rings (SSSR count). The van der Waals surface area contributed by atoms with Crippen LogP contribution in [0.2, 0.25) is 0 Å². The van der Waals surface area contributed by atoms with E-state index in [9.17, 15) is 8.42 Å². The third-order valence-corrected chi connectivity index (χ3v) is 5.92. The standard InChI is InChI=1S/C11H10Br2N2O2S2/c12-7-1-3-10(9(14)5-7)19(16,17)15-6-8-2-4-11(13)18-8/h1-5,15H,6,14H2. The number of halogens is 2. The zero-order valence-electron chi connectivity index (χ0n) is 9.56. The van der Waals surface area contributed by atoms with Crippen molar-refractivity contribution in [2.45, 2.75) is 11.4 Å². The Balaban J connectivity index is 2.18. The number of sulfonamides is 1. The number of thiophene rings is 1. The van der Waals surface area contributed by atoms with E-state index in [1.54, 1.807) is 12.1 Å². The summed E-state index contributed by atoms with van der Waals surface area (Å²) in [5.74, 6) is 0. The van der Waals surface area contributed by atoms with Gasteiger partial charge in [-0.25, -0.2) is 13.1 Å². The van der Waals surface area contributed by atoms with Crippen molar-refractivity contribution in [2.24, 2.45) is 0 Å². The molecule has 0 aliphatic carbocycles. The van der Waals surface area contributed by atoms with Gasteiger partial charge in [0, 0.05) is 15.9 Å². The number of rotatable bonds is 4. The zero-order chi connectivity index (χ0) is 14.0. The van der Waals surface area contributed by atoms with Crippen molar-refractivity contribution in [3.8, 4) is 0 Å². The van der Waals surface area contributed by atoms with Crippen LogP contribution in [-0.4, -0.2) is 8.42 Å². The highest BCUT2D eigenvalue weighted by Gasteiger charge is 2.17. The second-order valence-corrected chi connectivity index (χ2v) is 8.91. The van der Waals surface area contributed by atoms with Gasteiger partial charge < -0.3 is 5.73 Å². The summed E-state index contributed by atoms with van der Waals surface area (Å²) < 4.78 is 28.5. The quantitative estimate of drug-likeness (QED) is 0.737. The topological polar surface area (TPSA) is 72.2 Å². The summed E-state index contributed by atoms with van der Waals surface area (Å²) in [6.45, 7) is 0.244. The molecule has 0 radical (unpaired) electrons. The van der Waals surface area contributed by atoms with Crippen LogP contribution in [0.15, 0.2) is 43.5 Å². The lowest BCUT2D eigenvalue weighted by atomic mass is 10.3. The number of nitrogen functional groups attached to an aromatic ring is 1. The molecule has 102 valence electrons. The van der Waals surface area contributed by atoms with Gasteiger partial charge in [-0.3, -0.25) is 0 Å². The molecular weight excluding hydrogens is 416 g/mol. The van der Waals surface area contributed by atoms with Gasteiger partial charge in [-0.15, -0.1) is 11.3 Å². The van der Waals surface area contributed by atoms with Crippen LogP contribution in [0, 0.1) is 0 Å². The molecule has 3 N–H and O–H groups in total. The van der Waals surface area contributed by atoms with E-state index in [1.807, 2.05) is 12.1 Å². The molecule has 1 heterocycles. The first kappa shape index (κ1) is 15.0. The summed E-state index contributed by atoms with van der Waals surface area (Å²) in [4.78, 5) is 1.01. The highest BCUT2D eigenvalue weighted by atomic mass is 79.9. The molecule has 0 aliphatic rings. The highest BCUT2D eigenvalue weighted by Crippen LogP contribution is 2.24. The molecule has 8 heteroatoms. The van der Waals surface area contributed by atoms with Crippen LogP contribution >= 0.6 is 43.2 Å². The summed E-state index contributed by atoms with van der Waals surface area (Å²) in [6, 6.07) is 8.43. The Labute approximate surface area is 132 Å². The first-order valence-electron chi connectivity index (χ1n) is 5.17. The van der Waals surface area contributed by atoms with E-state index < -0.39 is 10.0 Å². The Morgan fingerprint density at radius 2 is 1.95 bits per heavy atom. The Bertz CT molecular complexity index is 698. The molecule has 0 saturated heterocycles. The van der Waals surface area contributed by atoms with E-state index in [4.69, 9.17) is 5.73 Å². The number of hydrogen-bond acceptors (Lipinski definition) is 4. The van der Waals surface area contributed by atoms with Crippen LogP contribution in [0.3, 0.4) is 0 Å². The van der Waals surface area contributed by atoms with Gasteiger partial charge in [0.2, 0.25) is 10.0 Å². The van der Waals surface area contributed by atoms with E-state index in [1.165, 1.54) is 17.4 Å². The van der Waals surface area contributed by atoms with Crippen molar-refractivity contribution in [3.63, 3.8) is 0 Å². The fourth-order valence-electron chi connectivity index (χ4n) is 1.45. The zero-order valence-corrected chi connectivity index (χ0v) is 14.4. The Kier molecular flexibility index (Phi) is 4.67. The minimum atomic E-state index is -3.60. The Hall–Kier alpha value is -0.410. The van der Waals surface area contributed by atoms with Crippen molar-refractivity contribution in [3.05, 3.63) is 43.5 Å². The molecular formula is C11H10Br2N2O2S2. The van der Waals surface area contributed by atoms with E-state index in [2.05, 4.69) is 36.6 Å². The van der Waals surface area contributed by atoms with E-state index in [-0.39, 0.29) is 17.1 Å². The maximum absolute atomic E-state index is 12.1. The summed E-state index contributed by atoms with van der Waals surface area (Å²) in [5.41, 5.74) is 5.94. The van der Waals surface area contributed by atoms with Gasteiger partial charge in [0.25, 0.3) is 0 Å². The van der Waals surface area contributed by atoms with Crippen molar-refractivity contribution in [1.82, 2.24) is 4.72 Å². The first-order chi connectivity index (χ1) is 8.88. The summed E-state index contributed by atoms with van der Waals surface area (Å²) in [7, 11) is -3.60. The summed E-state index contributed by atoms with van der Waals surface area (Å²) >= 11 is 8.06. The molecule has 1 aromatic carbocycles. The number of benzene rings is 1. The molecule has 0 fully saturated rings. The SMILES string of the molecule is Nc1cc(Br)ccc1S(=O)(=O)NCc1ccc(Br)s1. The minimum Gasteiger partial charge on any atom is -0.398 e. The van der Waals surface area contributed by atoms with E-state index in [0.717, 1.165) is 13.1 Å². The third-order valence-electron chi connectivity index (χ3n) is 2.33. The number of anilines is 1. The summed E-state index contributed by atoms with van der Waals surface area (Å²) in [5, 5.41) is 0. The predicted octanol–water partition coefficient (Wildman–Crippen LogP) is 3.33. The van der Waals surface area contributed by atoms with Crippen LogP contribution in [0.4, 0.5) is 5.69 Å². The van der Waals surface area contributed by atoms with Gasteiger partial charge >= 0.3 is 0 Å². The predicted molar refractivity (Wildman–Crippen MR) is 84.6 cm³/mol. The van der Waals surface area contributed by atoms with Gasteiger partial charge in [-0.05, 0) is 46.3 Å². The van der Waals surface area contributed by atoms with Gasteiger partial charge in [-0.1, -0.05) is 15.9 Å². The maximum Gasteiger partial charge on any atom is 0.242 e. The molecule has 0 amide bonds. The Morgan fingerprint density at radius 1 is 1.21 bits per heavy atom. The van der Waals surface area contributed by atoms with Gasteiger partial charge in [-0.2, -0.15) is 0 Å². The molecule has 0 bridgehead atoms. The lowest BCUT2D eigenvalue weighted by Crippen LogP contribution is -2.23. The van der Waals surface area contributed by atoms with Crippen LogP contribution in [0.25, 0.3) is 0 Å². The smallest absolute Gasteiger partial charge is 0.242 e. The van der Waals surface area contributed by atoms with Gasteiger partial charge in [0.05, 0.1) is 9.47 Å². The van der Waals surface area contributed by atoms with Crippen molar-refractivity contribution in [2.75, 3.05) is 5.73 Å². The number of nitrogens with two attached hydrogens (primary N) is 1. The molecule has 0 spiro atoms. The fourth-order valence-corrected chi connectivity index (χ4v) is 4.47. The second-order valence-electron chi connectivity index (χ2n) is 3.71. The fraction of sp³-hybridized carbons (Fsp3) is 0.0909. The Morgan fingerprint density at radius 3 is 2.53 bits per heavy atom. The third kappa shape index (κ3) is 3.79. The van der Waals surface area contributed by atoms with Crippen molar-refractivity contribution < 1.29 is 8.42 Å². The first-order valence-corrected chi connectivity index (χ1v) is 9.06. The maximum atomic E-state index is 12.1. The average molecular weight is 426 g/mol. The van der Waals surface area contributed by atoms with Crippen LogP contribution in [0.1, 0.15) is 4.88 Å². The number of nitrogens with one attached hydrogen (secondary N) is 1. The highest BCUT2D eigenvalue weighted by molar-refractivity contribution is 9.11. The monoisotopic (exact) mass is 424 g/mol. The molecule has 0 aliphatic heterocycles. The molecule has 1 aromatic heterocycles. The van der Waals surface area contributed by atoms with Gasteiger partial charge in [0.15, 0.2) is 0 Å². The van der Waals surface area contributed by atoms with E-state index in [0.29, 0.717) is 0 Å². The van der Waals surface area contributed by atoms with Crippen molar-refractivity contribution in [1.29, 1.82) is 0 Å². The largest absolute Gasteiger partial charge is 0.398 e. The number of hydrogen-bond donors (Lipinski definition) is 2. The molecule has 0 atom stereocenters. The summed E-state index contributed by atoms with van der Waals surface area (Å²) in [6.07, 6.45) is 0.